The van der Waals surface area contributed by atoms with Crippen molar-refractivity contribution in [3.63, 3.8) is 0 Å². The highest BCUT2D eigenvalue weighted by molar-refractivity contribution is 6.74. The zero-order valence-corrected chi connectivity index (χ0v) is 27.3. The second-order valence-corrected chi connectivity index (χ2v) is 18.2. The molecular formula is C31H41BN7O3Si. The van der Waals surface area contributed by atoms with E-state index in [-0.39, 0.29) is 11.1 Å². The van der Waals surface area contributed by atoms with E-state index < -0.39 is 13.7 Å². The molecule has 1 N–H and O–H groups in total. The predicted molar refractivity (Wildman–Crippen MR) is 172 cm³/mol. The number of aryl methyl sites for hydroxylation is 1. The Balaban J connectivity index is 1.48. The van der Waals surface area contributed by atoms with E-state index in [4.69, 9.17) is 14.1 Å². The van der Waals surface area contributed by atoms with Gasteiger partial charge in [-0.25, -0.2) is 14.6 Å². The molecule has 2 aliphatic heterocycles. The fourth-order valence-corrected chi connectivity index (χ4v) is 6.63. The van der Waals surface area contributed by atoms with Crippen molar-refractivity contribution in [3.05, 3.63) is 47.3 Å². The van der Waals surface area contributed by atoms with E-state index in [2.05, 4.69) is 68.3 Å². The van der Waals surface area contributed by atoms with Crippen LogP contribution in [0.3, 0.4) is 0 Å². The van der Waals surface area contributed by atoms with Gasteiger partial charge in [0, 0.05) is 48.7 Å². The molecule has 2 atom stereocenters. The summed E-state index contributed by atoms with van der Waals surface area (Å²) in [5.74, 6) is 1.23. The van der Waals surface area contributed by atoms with E-state index in [1.54, 1.807) is 6.20 Å². The van der Waals surface area contributed by atoms with Gasteiger partial charge in [-0.15, -0.1) is 0 Å². The number of aromatic nitrogens is 4. The average Bonchev–Trinajstić information content (AvgIpc) is 3.66. The summed E-state index contributed by atoms with van der Waals surface area (Å²) in [7, 11) is -0.542. The minimum Gasteiger partial charge on any atom is -0.416 e. The number of anilines is 3. The number of rotatable bonds is 10. The van der Waals surface area contributed by atoms with Gasteiger partial charge in [0.25, 0.3) is 0 Å². The summed E-state index contributed by atoms with van der Waals surface area (Å²) in [5, 5.41) is 18.3. The molecule has 3 aromatic rings. The van der Waals surface area contributed by atoms with Gasteiger partial charge in [0.15, 0.2) is 8.32 Å². The third-order valence-corrected chi connectivity index (χ3v) is 13.5. The van der Waals surface area contributed by atoms with Crippen LogP contribution in [-0.4, -0.2) is 67.5 Å². The average molecular weight is 599 g/mol. The molecule has 10 nitrogen and oxygen atoms in total. The molecule has 0 saturated carbocycles. The Morgan fingerprint density at radius 2 is 2.12 bits per heavy atom. The third kappa shape index (κ3) is 6.39. The summed E-state index contributed by atoms with van der Waals surface area (Å²) in [4.78, 5) is 22.8. The maximum absolute atomic E-state index is 11.6. The number of nitrogens with zero attached hydrogens (tertiary/aromatic N) is 6. The van der Waals surface area contributed by atoms with Gasteiger partial charge < -0.3 is 24.1 Å². The molecular weight excluding hydrogens is 557 g/mol. The van der Waals surface area contributed by atoms with Crippen molar-refractivity contribution in [2.24, 2.45) is 0 Å². The summed E-state index contributed by atoms with van der Waals surface area (Å²) < 4.78 is 14.4. The highest BCUT2D eigenvalue weighted by atomic mass is 28.4. The number of nitrogens with one attached hydrogen (secondary N) is 1. The minimum absolute atomic E-state index is 0.0570. The standard InChI is InChI=1S/C31H41BN7O3Si/c1-21-13-27(39(37-21)17-24-9-8-12-41-24)36-29-34-11-10-26(35-29)22-14-23(16-33)28-25(15-22)31(5,18-38(28)32-20-40)19-42-43(6,7)30(2,3)4/h10-11,13-15,20,24H,8-9,12,17-19H2,1-7H3,(H,34,35,36)/t24?,31-/m1/s1. The van der Waals surface area contributed by atoms with Crippen LogP contribution in [0.2, 0.25) is 18.1 Å². The van der Waals surface area contributed by atoms with E-state index in [9.17, 15) is 10.1 Å². The summed E-state index contributed by atoms with van der Waals surface area (Å²) >= 11 is 0. The Hall–Kier alpha value is -3.53. The molecule has 225 valence electrons. The zero-order valence-electron chi connectivity index (χ0n) is 26.3. The predicted octanol–water partition coefficient (Wildman–Crippen LogP) is 5.35. The Bertz CT molecular complexity index is 1540. The lowest BCUT2D eigenvalue weighted by atomic mass is 9.83. The van der Waals surface area contributed by atoms with E-state index >= 15 is 0 Å². The van der Waals surface area contributed by atoms with Crippen molar-refractivity contribution in [2.45, 2.75) is 83.7 Å². The van der Waals surface area contributed by atoms with Crippen molar-refractivity contribution in [1.82, 2.24) is 19.7 Å². The number of carbonyl (C=O) groups excluding carboxylic acids is 1. The molecule has 5 rings (SSSR count). The van der Waals surface area contributed by atoms with Gasteiger partial charge in [0.2, 0.25) is 5.95 Å². The lowest BCUT2D eigenvalue weighted by Crippen LogP contribution is -2.46. The number of hydrogen-bond donors (Lipinski definition) is 1. The molecule has 0 aliphatic carbocycles. The summed E-state index contributed by atoms with van der Waals surface area (Å²) in [5.41, 5.74) is 4.15. The van der Waals surface area contributed by atoms with Crippen LogP contribution >= 0.6 is 0 Å². The fraction of sp³-hybridized carbons (Fsp3) is 0.516. The van der Waals surface area contributed by atoms with Crippen LogP contribution in [0.1, 0.15) is 57.4 Å². The second kappa shape index (κ2) is 11.9. The molecule has 0 spiro atoms. The Morgan fingerprint density at radius 3 is 2.79 bits per heavy atom. The smallest absolute Gasteiger partial charge is 0.329 e. The number of benzene rings is 1. The van der Waals surface area contributed by atoms with Gasteiger partial charge in [-0.05, 0) is 61.7 Å². The molecule has 2 aromatic heterocycles. The first-order valence-corrected chi connectivity index (χ1v) is 17.8. The molecule has 0 bridgehead atoms. The van der Waals surface area contributed by atoms with Gasteiger partial charge in [0.1, 0.15) is 18.1 Å². The number of hydrogen-bond acceptors (Lipinski definition) is 9. The minimum atomic E-state index is -2.05. The summed E-state index contributed by atoms with van der Waals surface area (Å²) in [6, 6.07) is 10.1. The molecule has 43 heavy (non-hydrogen) atoms. The summed E-state index contributed by atoms with van der Waals surface area (Å²) in [6.45, 7) is 17.7. The monoisotopic (exact) mass is 598 g/mol. The van der Waals surface area contributed by atoms with Crippen molar-refractivity contribution < 1.29 is 14.0 Å². The van der Waals surface area contributed by atoms with Crippen LogP contribution in [0, 0.1) is 18.3 Å². The highest BCUT2D eigenvalue weighted by Crippen LogP contribution is 2.46. The molecule has 1 radical (unpaired) electrons. The Labute approximate surface area is 256 Å². The molecule has 1 aromatic carbocycles. The van der Waals surface area contributed by atoms with Gasteiger partial charge in [-0.2, -0.15) is 10.4 Å². The highest BCUT2D eigenvalue weighted by Gasteiger charge is 2.44. The van der Waals surface area contributed by atoms with Crippen LogP contribution in [0.25, 0.3) is 11.3 Å². The largest absolute Gasteiger partial charge is 0.416 e. The van der Waals surface area contributed by atoms with Crippen LogP contribution in [0.15, 0.2) is 30.5 Å². The first kappa shape index (κ1) is 30.9. The second-order valence-electron chi connectivity index (χ2n) is 13.4. The van der Waals surface area contributed by atoms with Crippen LogP contribution < -0.4 is 10.1 Å². The van der Waals surface area contributed by atoms with Crippen molar-refractivity contribution >= 4 is 39.4 Å². The van der Waals surface area contributed by atoms with Crippen LogP contribution in [-0.2, 0) is 25.9 Å². The van der Waals surface area contributed by atoms with Gasteiger partial charge in [-0.3, -0.25) is 0 Å². The lowest BCUT2D eigenvalue weighted by Gasteiger charge is -2.39. The maximum atomic E-state index is 11.6. The molecule has 12 heteroatoms. The summed E-state index contributed by atoms with van der Waals surface area (Å²) in [6.07, 6.45) is 4.72. The number of nitriles is 1. The Kier molecular flexibility index (Phi) is 8.53. The molecule has 1 fully saturated rings. The van der Waals surface area contributed by atoms with Crippen molar-refractivity contribution in [1.29, 1.82) is 5.26 Å². The molecule has 4 heterocycles. The van der Waals surface area contributed by atoms with Crippen molar-refractivity contribution in [2.75, 3.05) is 29.9 Å². The van der Waals surface area contributed by atoms with E-state index in [0.717, 1.165) is 54.0 Å². The van der Waals surface area contributed by atoms with Crippen LogP contribution in [0.4, 0.5) is 17.5 Å². The number of ether oxygens (including phenoxy) is 1. The van der Waals surface area contributed by atoms with Crippen molar-refractivity contribution in [3.8, 4) is 17.3 Å². The maximum Gasteiger partial charge on any atom is 0.329 e. The Morgan fingerprint density at radius 1 is 1.33 bits per heavy atom. The molecule has 1 unspecified atom stereocenters. The quantitative estimate of drug-likeness (QED) is 0.243. The first-order valence-electron chi connectivity index (χ1n) is 14.9. The fourth-order valence-electron chi connectivity index (χ4n) is 5.52. The lowest BCUT2D eigenvalue weighted by molar-refractivity contribution is 0.0944. The molecule has 2 aliphatic rings. The third-order valence-electron chi connectivity index (χ3n) is 8.98. The van der Waals surface area contributed by atoms with E-state index in [1.165, 1.54) is 7.41 Å². The molecule has 0 amide bonds. The SMILES string of the molecule is Cc1cc(Nc2nccc(-c3cc(C#N)c4c(c3)[C@@](C)(CO[Si](C)(C)C(C)(C)C)CN4[B]C=O)n2)n(CC2CCCO2)n1. The topological polar surface area (TPSA) is 118 Å². The number of fused-ring (bicyclic) bond motifs is 1. The number of carbonyl (C=O) groups is 1. The van der Waals surface area contributed by atoms with Gasteiger partial charge in [-0.1, -0.05) is 27.7 Å². The van der Waals surface area contributed by atoms with Gasteiger partial charge in [0.05, 0.1) is 29.6 Å². The van der Waals surface area contributed by atoms with Gasteiger partial charge >= 0.3 is 7.41 Å². The first-order chi connectivity index (χ1) is 20.3. The normalized spacial score (nSPS) is 20.1. The van der Waals surface area contributed by atoms with E-state index in [1.807, 2.05) is 34.6 Å². The zero-order chi connectivity index (χ0) is 31.0. The van der Waals surface area contributed by atoms with Crippen LogP contribution in [0.5, 0.6) is 0 Å². The molecule has 1 saturated heterocycles. The van der Waals surface area contributed by atoms with E-state index in [0.29, 0.717) is 36.9 Å².